The molecule has 0 spiro atoms. The number of hydrogen-bond donors (Lipinski definition) is 0. The lowest BCUT2D eigenvalue weighted by Gasteiger charge is -2.32. The molecule has 11 rings (SSSR count). The molecule has 50 heavy (non-hydrogen) atoms. The summed E-state index contributed by atoms with van der Waals surface area (Å²) in [6.45, 7) is 0. The molecule has 7 aromatic rings. The van der Waals surface area contributed by atoms with Crippen molar-refractivity contribution in [1.82, 2.24) is 0 Å². The average molecular weight is 697 g/mol. The van der Waals surface area contributed by atoms with Gasteiger partial charge < -0.3 is 17.5 Å². The lowest BCUT2D eigenvalue weighted by molar-refractivity contribution is 0.361. The molecule has 0 saturated heterocycles. The third-order valence-electron chi connectivity index (χ3n) is 11.6. The Morgan fingerprint density at radius 1 is 0.420 bits per heavy atom. The topological polar surface area (TPSA) is 133 Å². The van der Waals surface area contributed by atoms with Crippen molar-refractivity contribution in [3.63, 3.8) is 0 Å². The van der Waals surface area contributed by atoms with Gasteiger partial charge in [0.15, 0.2) is 0 Å². The molecule has 0 aromatic heterocycles. The van der Waals surface area contributed by atoms with E-state index in [2.05, 4.69) is 48.5 Å². The maximum Gasteiger partial charge on any atom is 0.262 e. The zero-order valence-corrected chi connectivity index (χ0v) is 27.7. The van der Waals surface area contributed by atoms with Crippen molar-refractivity contribution in [3.8, 4) is 11.5 Å². The standard InChI is InChI=1S/C40H26O8S2/c41-49(42,43)47-39-35-31-17-32(28-14-24-10-20-6-2-1-5-19(20)9-23(24)13-27(28)31)36(35)40(48-50(44,45)46)38-34-18-33(37(38)39)29-15-25-11-21-7-3-4-8-22(21)12-26(25)16-30(29)34/h1-16,31-34H,17-18H2,(H,41,42,43)(H,44,45,46)/p-2. The van der Waals surface area contributed by atoms with Gasteiger partial charge in [0.2, 0.25) is 0 Å². The Hall–Kier alpha value is -5.00. The summed E-state index contributed by atoms with van der Waals surface area (Å²) >= 11 is 0. The van der Waals surface area contributed by atoms with Crippen LogP contribution >= 0.6 is 0 Å². The molecule has 10 heteroatoms. The molecule has 0 heterocycles. The van der Waals surface area contributed by atoms with Gasteiger partial charge in [-0.15, -0.1) is 0 Å². The van der Waals surface area contributed by atoms with Gasteiger partial charge in [0.1, 0.15) is 11.5 Å². The molecule has 0 radical (unpaired) electrons. The monoisotopic (exact) mass is 696 g/mol. The van der Waals surface area contributed by atoms with Crippen molar-refractivity contribution >= 4 is 63.9 Å². The second kappa shape index (κ2) is 9.41. The van der Waals surface area contributed by atoms with Crippen molar-refractivity contribution in [2.75, 3.05) is 0 Å². The molecule has 0 aliphatic heterocycles. The molecule has 4 bridgehead atoms. The highest BCUT2D eigenvalue weighted by molar-refractivity contribution is 7.81. The first-order valence-corrected chi connectivity index (χ1v) is 19.1. The maximum absolute atomic E-state index is 12.5. The molecular formula is C40H24O8S2-2. The van der Waals surface area contributed by atoms with Gasteiger partial charge in [-0.25, -0.2) is 16.8 Å². The minimum atomic E-state index is -5.25. The van der Waals surface area contributed by atoms with Gasteiger partial charge in [-0.2, -0.15) is 0 Å². The quantitative estimate of drug-likeness (QED) is 0.103. The summed E-state index contributed by atoms with van der Waals surface area (Å²) in [5.74, 6) is -1.70. The van der Waals surface area contributed by atoms with Crippen molar-refractivity contribution < 1.29 is 34.3 Å². The first-order chi connectivity index (χ1) is 24.0. The second-order valence-electron chi connectivity index (χ2n) is 14.0. The predicted octanol–water partition coefficient (Wildman–Crippen LogP) is 7.94. The highest BCUT2D eigenvalue weighted by atomic mass is 32.3. The molecule has 0 fully saturated rings. The summed E-state index contributed by atoms with van der Waals surface area (Å²) in [7, 11) is -10.5. The van der Waals surface area contributed by atoms with Crippen LogP contribution in [0.25, 0.3) is 43.1 Å². The van der Waals surface area contributed by atoms with E-state index in [1.807, 2.05) is 48.5 Å². The molecule has 4 aliphatic rings. The van der Waals surface area contributed by atoms with Gasteiger partial charge >= 0.3 is 0 Å². The third kappa shape index (κ3) is 3.93. The van der Waals surface area contributed by atoms with Crippen LogP contribution in [0.2, 0.25) is 0 Å². The molecule has 0 amide bonds. The van der Waals surface area contributed by atoms with E-state index >= 15 is 0 Å². The molecule has 7 aromatic carbocycles. The van der Waals surface area contributed by atoms with Gasteiger partial charge in [-0.05, 0) is 102 Å². The van der Waals surface area contributed by atoms with Crippen molar-refractivity contribution in [2.24, 2.45) is 0 Å². The molecule has 0 saturated carbocycles. The van der Waals surface area contributed by atoms with Crippen LogP contribution in [0.15, 0.2) is 97.1 Å². The molecule has 4 aliphatic carbocycles. The number of hydrogen-bond acceptors (Lipinski definition) is 8. The van der Waals surface area contributed by atoms with Crippen molar-refractivity contribution in [2.45, 2.75) is 36.5 Å². The SMILES string of the molecule is O=S(=O)([O-])Oc1c2c(c(OS(=O)(=O)[O-])c3c1C1CC3c3cc4cc5ccccc5cc4cc31)C1CC2c2cc3cc4ccccc4cc3cc21. The van der Waals surface area contributed by atoms with Crippen molar-refractivity contribution in [3.05, 3.63) is 142 Å². The van der Waals surface area contributed by atoms with Gasteiger partial charge in [0.05, 0.1) is 0 Å². The van der Waals surface area contributed by atoms with E-state index in [4.69, 9.17) is 8.37 Å². The Kier molecular flexibility index (Phi) is 5.42. The average Bonchev–Trinajstić information content (AvgIpc) is 3.83. The molecule has 4 unspecified atom stereocenters. The number of fused-ring (bicyclic) bond motifs is 20. The molecule has 4 atom stereocenters. The third-order valence-corrected chi connectivity index (χ3v) is 12.3. The van der Waals surface area contributed by atoms with Crippen LogP contribution in [-0.2, 0) is 20.8 Å². The molecule has 0 N–H and O–H groups in total. The molecule has 8 nitrogen and oxygen atoms in total. The van der Waals surface area contributed by atoms with E-state index in [-0.39, 0.29) is 11.5 Å². The summed E-state index contributed by atoms with van der Waals surface area (Å²) in [6, 6.07) is 32.9. The van der Waals surface area contributed by atoms with Crippen LogP contribution in [0.1, 0.15) is 81.0 Å². The normalized spacial score (nSPS) is 21.2. The Bertz CT molecular complexity index is 2610. The van der Waals surface area contributed by atoms with Gasteiger partial charge in [-0.1, -0.05) is 72.8 Å². The van der Waals surface area contributed by atoms with Gasteiger partial charge in [0.25, 0.3) is 20.8 Å². The number of benzene rings is 7. The molecular weight excluding hydrogens is 673 g/mol. The van der Waals surface area contributed by atoms with Crippen molar-refractivity contribution in [1.29, 1.82) is 0 Å². The van der Waals surface area contributed by atoms with E-state index in [1.165, 1.54) is 0 Å². The van der Waals surface area contributed by atoms with Crippen LogP contribution in [0.5, 0.6) is 11.5 Å². The number of rotatable bonds is 4. The van der Waals surface area contributed by atoms with E-state index in [0.29, 0.717) is 35.1 Å². The summed E-state index contributed by atoms with van der Waals surface area (Å²) in [6.07, 6.45) is 0.985. The first-order valence-electron chi connectivity index (χ1n) is 16.5. The predicted molar refractivity (Wildman–Crippen MR) is 187 cm³/mol. The fourth-order valence-corrected chi connectivity index (χ4v) is 10.6. The zero-order chi connectivity index (χ0) is 33.8. The van der Waals surface area contributed by atoms with Gasteiger partial charge in [-0.3, -0.25) is 0 Å². The highest BCUT2D eigenvalue weighted by Crippen LogP contribution is 2.70. The first kappa shape index (κ1) is 28.8. The van der Waals surface area contributed by atoms with Crippen LogP contribution in [-0.4, -0.2) is 25.9 Å². The Morgan fingerprint density at radius 2 is 0.680 bits per heavy atom. The summed E-state index contributed by atoms with van der Waals surface area (Å²) in [4.78, 5) is 0. The zero-order valence-electron chi connectivity index (χ0n) is 26.0. The van der Waals surface area contributed by atoms with E-state index < -0.39 is 44.5 Å². The lowest BCUT2D eigenvalue weighted by atomic mass is 9.76. The van der Waals surface area contributed by atoms with E-state index in [1.54, 1.807) is 0 Å². The summed E-state index contributed by atoms with van der Waals surface area (Å²) in [5, 5.41) is 8.32. The van der Waals surface area contributed by atoms with E-state index in [9.17, 15) is 25.9 Å². The Labute approximate surface area is 286 Å². The second-order valence-corrected chi connectivity index (χ2v) is 16.0. The van der Waals surface area contributed by atoms with Crippen LogP contribution in [0, 0.1) is 0 Å². The van der Waals surface area contributed by atoms with Crippen LogP contribution in [0.4, 0.5) is 0 Å². The minimum absolute atomic E-state index is 0.0471. The largest absolute Gasteiger partial charge is 0.716 e. The maximum atomic E-state index is 12.5. The fraction of sp³-hybridized carbons (Fsp3) is 0.150. The molecule has 246 valence electrons. The summed E-state index contributed by atoms with van der Waals surface area (Å²) in [5.41, 5.74) is 5.49. The summed E-state index contributed by atoms with van der Waals surface area (Å²) < 4.78 is 85.6. The Balaban J connectivity index is 1.18. The smallest absolute Gasteiger partial charge is 0.262 e. The lowest BCUT2D eigenvalue weighted by Crippen LogP contribution is -2.20. The minimum Gasteiger partial charge on any atom is -0.716 e. The van der Waals surface area contributed by atoms with Crippen LogP contribution in [0.3, 0.4) is 0 Å². The Morgan fingerprint density at radius 3 is 0.920 bits per heavy atom. The fourth-order valence-electron chi connectivity index (χ4n) is 9.88. The van der Waals surface area contributed by atoms with Gasteiger partial charge in [0, 0.05) is 45.9 Å². The van der Waals surface area contributed by atoms with E-state index in [0.717, 1.165) is 65.3 Å². The van der Waals surface area contributed by atoms with Crippen LogP contribution < -0.4 is 8.37 Å². The highest BCUT2D eigenvalue weighted by Gasteiger charge is 2.54.